The SMILES string of the molecule is C[C@@H]1C[C@@]2(CCc3c2c(=O)n2nc(Br)nc2n3CC(=O)Nc2ccc(C(F)(F)F)cc2Cl)CCN1C(=O)c1ncccc1O. The van der Waals surface area contributed by atoms with Gasteiger partial charge in [0, 0.05) is 35.5 Å². The van der Waals surface area contributed by atoms with Crippen molar-refractivity contribution in [3.05, 3.63) is 79.2 Å². The lowest BCUT2D eigenvalue weighted by molar-refractivity contribution is -0.137. The maximum Gasteiger partial charge on any atom is 0.416 e. The van der Waals surface area contributed by atoms with Crippen molar-refractivity contribution < 1.29 is 27.9 Å². The summed E-state index contributed by atoms with van der Waals surface area (Å²) in [4.78, 5) is 50.3. The molecule has 2 aliphatic rings. The highest BCUT2D eigenvalue weighted by molar-refractivity contribution is 9.10. The van der Waals surface area contributed by atoms with Crippen LogP contribution < -0.4 is 10.9 Å². The summed E-state index contributed by atoms with van der Waals surface area (Å²) in [6.45, 7) is 1.87. The number of aromatic nitrogens is 5. The molecule has 6 rings (SSSR count). The zero-order valence-electron chi connectivity index (χ0n) is 23.0. The first-order valence-electron chi connectivity index (χ1n) is 13.6. The van der Waals surface area contributed by atoms with Crippen LogP contribution in [0.3, 0.4) is 0 Å². The van der Waals surface area contributed by atoms with E-state index in [1.165, 1.54) is 18.3 Å². The number of carbonyl (C=O) groups is 2. The van der Waals surface area contributed by atoms with Crippen molar-refractivity contribution in [3.8, 4) is 5.75 Å². The van der Waals surface area contributed by atoms with Gasteiger partial charge in [0.1, 0.15) is 12.3 Å². The van der Waals surface area contributed by atoms with Crippen LogP contribution in [0.25, 0.3) is 5.78 Å². The summed E-state index contributed by atoms with van der Waals surface area (Å²) in [5.74, 6) is -1.09. The van der Waals surface area contributed by atoms with E-state index in [9.17, 15) is 32.7 Å². The second-order valence-corrected chi connectivity index (χ2v) is 12.1. The lowest BCUT2D eigenvalue weighted by Crippen LogP contribution is -2.51. The number of piperidine rings is 1. The van der Waals surface area contributed by atoms with Crippen molar-refractivity contribution in [2.24, 2.45) is 0 Å². The molecule has 11 nitrogen and oxygen atoms in total. The fourth-order valence-electron chi connectivity index (χ4n) is 6.43. The molecule has 1 aromatic carbocycles. The molecule has 2 N–H and O–H groups in total. The quantitative estimate of drug-likeness (QED) is 0.320. The van der Waals surface area contributed by atoms with Crippen LogP contribution in [-0.2, 0) is 29.4 Å². The van der Waals surface area contributed by atoms with Crippen molar-refractivity contribution in [2.45, 2.75) is 56.8 Å². The van der Waals surface area contributed by atoms with Gasteiger partial charge in [-0.3, -0.25) is 14.4 Å². The number of amides is 2. The van der Waals surface area contributed by atoms with Gasteiger partial charge in [0.05, 0.1) is 16.3 Å². The second-order valence-electron chi connectivity index (χ2n) is 11.0. The Morgan fingerprint density at radius 1 is 1.25 bits per heavy atom. The van der Waals surface area contributed by atoms with E-state index in [2.05, 4.69) is 36.3 Å². The summed E-state index contributed by atoms with van der Waals surface area (Å²) in [6, 6.07) is 5.26. The average Bonchev–Trinajstić information content (AvgIpc) is 3.52. The number of likely N-dealkylation sites (tertiary alicyclic amines) is 1. The van der Waals surface area contributed by atoms with Crippen molar-refractivity contribution in [3.63, 3.8) is 0 Å². The van der Waals surface area contributed by atoms with Gasteiger partial charge >= 0.3 is 6.18 Å². The molecule has 1 fully saturated rings. The molecule has 230 valence electrons. The summed E-state index contributed by atoms with van der Waals surface area (Å²) in [5.41, 5.74) is -0.885. The fourth-order valence-corrected chi connectivity index (χ4v) is 6.97. The van der Waals surface area contributed by atoms with Crippen LogP contribution in [0.15, 0.2) is 46.1 Å². The Hall–Kier alpha value is -3.98. The van der Waals surface area contributed by atoms with Crippen LogP contribution >= 0.6 is 27.5 Å². The Morgan fingerprint density at radius 2 is 2.02 bits per heavy atom. The minimum absolute atomic E-state index is 0.00213. The maximum atomic E-state index is 13.9. The predicted molar refractivity (Wildman–Crippen MR) is 156 cm³/mol. The molecule has 0 bridgehead atoms. The minimum Gasteiger partial charge on any atom is -0.505 e. The molecule has 1 aliphatic heterocycles. The molecule has 16 heteroatoms. The molecule has 4 aromatic rings. The lowest BCUT2D eigenvalue weighted by atomic mass is 9.72. The van der Waals surface area contributed by atoms with E-state index in [1.54, 1.807) is 9.47 Å². The summed E-state index contributed by atoms with van der Waals surface area (Å²) in [7, 11) is 0. The molecule has 0 unspecified atom stereocenters. The van der Waals surface area contributed by atoms with Crippen LogP contribution in [0.1, 0.15) is 53.5 Å². The number of carbonyl (C=O) groups excluding carboxylic acids is 2. The van der Waals surface area contributed by atoms with Crippen LogP contribution in [0.4, 0.5) is 18.9 Å². The van der Waals surface area contributed by atoms with Gasteiger partial charge in [-0.1, -0.05) is 11.6 Å². The third kappa shape index (κ3) is 5.11. The molecule has 44 heavy (non-hydrogen) atoms. The molecular formula is C28H24BrClF3N7O4. The first-order chi connectivity index (χ1) is 20.8. The van der Waals surface area contributed by atoms with E-state index in [4.69, 9.17) is 11.6 Å². The number of hydrogen-bond acceptors (Lipinski definition) is 7. The van der Waals surface area contributed by atoms with E-state index < -0.39 is 29.0 Å². The van der Waals surface area contributed by atoms with Crippen LogP contribution in [0.5, 0.6) is 5.75 Å². The third-order valence-electron chi connectivity index (χ3n) is 8.37. The van der Waals surface area contributed by atoms with Gasteiger partial charge in [-0.15, -0.1) is 5.10 Å². The van der Waals surface area contributed by atoms with Crippen molar-refractivity contribution in [1.82, 2.24) is 29.0 Å². The number of alkyl halides is 3. The number of rotatable bonds is 4. The van der Waals surface area contributed by atoms with Crippen LogP contribution in [0.2, 0.25) is 5.02 Å². The van der Waals surface area contributed by atoms with Gasteiger partial charge in [0.15, 0.2) is 5.69 Å². The molecule has 4 heterocycles. The van der Waals surface area contributed by atoms with Crippen molar-refractivity contribution >= 4 is 50.8 Å². The van der Waals surface area contributed by atoms with E-state index in [0.717, 1.165) is 22.7 Å². The maximum absolute atomic E-state index is 13.9. The summed E-state index contributed by atoms with van der Waals surface area (Å²) in [5, 5.41) is 16.7. The number of anilines is 1. The Kier molecular flexibility index (Phi) is 7.43. The molecule has 1 saturated heterocycles. The van der Waals surface area contributed by atoms with Gasteiger partial charge in [-0.2, -0.15) is 22.7 Å². The number of halogens is 5. The standard InChI is InChI=1S/C28H24BrClF3N7O4/c1-14-12-27(8-10-38(14)24(44)22-19(41)3-2-9-34-22)7-6-18-21(27)23(43)40-26(36-25(29)37-40)39(18)13-20(42)35-17-5-4-15(11-16(17)30)28(31,32)33/h2-5,9,11,14,41H,6-8,10,12-13H2,1H3,(H,35,42)/t14-,27-/m1/s1. The number of benzene rings is 1. The number of fused-ring (bicyclic) bond motifs is 3. The van der Waals surface area contributed by atoms with Crippen molar-refractivity contribution in [1.29, 1.82) is 0 Å². The van der Waals surface area contributed by atoms with E-state index >= 15 is 0 Å². The smallest absolute Gasteiger partial charge is 0.416 e. The average molecular weight is 695 g/mol. The summed E-state index contributed by atoms with van der Waals surface area (Å²) >= 11 is 9.25. The first-order valence-corrected chi connectivity index (χ1v) is 14.8. The van der Waals surface area contributed by atoms with Crippen LogP contribution in [-0.4, -0.2) is 58.6 Å². The number of nitrogens with zero attached hydrogens (tertiary/aromatic N) is 6. The van der Waals surface area contributed by atoms with Gasteiger partial charge < -0.3 is 19.9 Å². The lowest BCUT2D eigenvalue weighted by Gasteiger charge is -2.44. The predicted octanol–water partition coefficient (Wildman–Crippen LogP) is 4.57. The molecule has 2 amide bonds. The van der Waals surface area contributed by atoms with Gasteiger partial charge in [-0.05, 0) is 78.9 Å². The highest BCUT2D eigenvalue weighted by atomic mass is 79.9. The molecule has 1 aliphatic carbocycles. The monoisotopic (exact) mass is 693 g/mol. The van der Waals surface area contributed by atoms with Gasteiger partial charge in [0.25, 0.3) is 11.5 Å². The highest BCUT2D eigenvalue weighted by Gasteiger charge is 2.48. The summed E-state index contributed by atoms with van der Waals surface area (Å²) in [6.07, 6.45) is -1.23. The zero-order valence-corrected chi connectivity index (χ0v) is 25.4. The molecule has 3 aromatic heterocycles. The fraction of sp³-hybridized carbons (Fsp3) is 0.357. The minimum atomic E-state index is -4.59. The van der Waals surface area contributed by atoms with Crippen LogP contribution in [0, 0.1) is 0 Å². The number of hydrogen-bond donors (Lipinski definition) is 2. The van der Waals surface area contributed by atoms with E-state index in [0.29, 0.717) is 43.5 Å². The molecule has 0 saturated carbocycles. The topological polar surface area (TPSA) is 135 Å². The number of pyridine rings is 1. The summed E-state index contributed by atoms with van der Waals surface area (Å²) < 4.78 is 42.0. The highest BCUT2D eigenvalue weighted by Crippen LogP contribution is 2.47. The van der Waals surface area contributed by atoms with E-state index in [1.807, 2.05) is 6.92 Å². The van der Waals surface area contributed by atoms with Gasteiger partial charge in [-0.25, -0.2) is 4.98 Å². The third-order valence-corrected chi connectivity index (χ3v) is 9.02. The Labute approximate surface area is 260 Å². The molecule has 0 radical (unpaired) electrons. The number of nitrogens with one attached hydrogen (secondary N) is 1. The Balaban J connectivity index is 1.32. The Bertz CT molecular complexity index is 1900. The molecular weight excluding hydrogens is 671 g/mol. The molecule has 2 atom stereocenters. The second kappa shape index (κ2) is 10.9. The largest absolute Gasteiger partial charge is 0.505 e. The Morgan fingerprint density at radius 3 is 2.70 bits per heavy atom. The molecule has 1 spiro atoms. The van der Waals surface area contributed by atoms with Crippen molar-refractivity contribution in [2.75, 3.05) is 11.9 Å². The zero-order chi connectivity index (χ0) is 31.6. The normalized spacial score (nSPS) is 19.9. The van der Waals surface area contributed by atoms with E-state index in [-0.39, 0.29) is 50.8 Å². The number of aromatic hydroxyl groups is 1. The van der Waals surface area contributed by atoms with Gasteiger partial charge in [0.2, 0.25) is 16.4 Å². The first kappa shape index (κ1) is 30.1.